The maximum absolute atomic E-state index is 9.97. The number of carbonyl (C=O) groups is 1. The molecule has 0 aliphatic heterocycles. The van der Waals surface area contributed by atoms with Crippen molar-refractivity contribution >= 4 is 23.4 Å². The summed E-state index contributed by atoms with van der Waals surface area (Å²) in [5, 5.41) is 11.9. The number of aliphatic carboxylic acids is 1. The van der Waals surface area contributed by atoms with Gasteiger partial charge in [0.1, 0.15) is 0 Å². The summed E-state index contributed by atoms with van der Waals surface area (Å²) in [6.45, 7) is 0. The third kappa shape index (κ3) is 8.83. The van der Waals surface area contributed by atoms with Gasteiger partial charge in [-0.25, -0.2) is 0 Å². The quantitative estimate of drug-likeness (QED) is 0.490. The van der Waals surface area contributed by atoms with Gasteiger partial charge in [-0.2, -0.15) is 0 Å². The van der Waals surface area contributed by atoms with Gasteiger partial charge in [0.2, 0.25) is 0 Å². The van der Waals surface area contributed by atoms with Gasteiger partial charge in [0.05, 0.1) is 11.5 Å². The van der Waals surface area contributed by atoms with Gasteiger partial charge in [0.25, 0.3) is 0 Å². The van der Waals surface area contributed by atoms with Crippen LogP contribution in [0.4, 0.5) is 0 Å². The molecule has 0 amide bonds. The van der Waals surface area contributed by atoms with Gasteiger partial charge in [0, 0.05) is 11.6 Å². The molecule has 82 valence electrons. The van der Waals surface area contributed by atoms with Crippen molar-refractivity contribution in [2.45, 2.75) is 0 Å². The van der Waals surface area contributed by atoms with Gasteiger partial charge in [-0.05, 0) is 11.6 Å². The first-order chi connectivity index (χ1) is 7.79. The Morgan fingerprint density at radius 2 is 2.00 bits per heavy atom. The molecule has 0 atom stereocenters. The number of nitrogens with zero attached hydrogens (tertiary/aromatic N) is 1. The Kier molecular flexibility index (Phi) is 9.66. The monoisotopic (exact) mass is 255 g/mol. The number of carboxylic acid groups (broad SMARTS) is 1. The molecule has 0 spiro atoms. The maximum Gasteiger partial charge on any atom is 1.00 e. The van der Waals surface area contributed by atoms with Gasteiger partial charge < -0.3 is 9.90 Å². The van der Waals surface area contributed by atoms with Crippen LogP contribution in [0.2, 0.25) is 0 Å². The molecule has 17 heavy (non-hydrogen) atoms. The summed E-state index contributed by atoms with van der Waals surface area (Å²) in [5.74, 6) is -1.17. The second-order valence-corrected chi connectivity index (χ2v) is 3.49. The Bertz CT molecular complexity index is 412. The van der Waals surface area contributed by atoms with Gasteiger partial charge in [-0.1, -0.05) is 36.4 Å². The zero-order chi connectivity index (χ0) is 11.6. The summed E-state index contributed by atoms with van der Waals surface area (Å²) in [4.78, 5) is 13.7. The number of rotatable bonds is 2. The third-order valence-corrected chi connectivity index (χ3v) is 2.08. The fraction of sp³-hybridized carbons (Fsp3) is 0. The second kappa shape index (κ2) is 10.2. The minimum Gasteiger partial charge on any atom is -0.545 e. The van der Waals surface area contributed by atoms with Crippen molar-refractivity contribution in [1.29, 1.82) is 0 Å². The van der Waals surface area contributed by atoms with E-state index in [4.69, 9.17) is 0 Å². The van der Waals surface area contributed by atoms with Crippen molar-refractivity contribution in [1.82, 2.24) is 4.98 Å². The smallest absolute Gasteiger partial charge is 0.545 e. The van der Waals surface area contributed by atoms with E-state index < -0.39 is 5.97 Å². The molecule has 0 aliphatic carbocycles. The average Bonchev–Trinajstić information content (AvgIpc) is 2.86. The molecule has 1 aromatic carbocycles. The van der Waals surface area contributed by atoms with Gasteiger partial charge in [-0.3, -0.25) is 4.98 Å². The molecule has 5 heteroatoms. The number of carboxylic acids is 1. The molecule has 1 aromatic heterocycles. The first-order valence-corrected chi connectivity index (χ1v) is 5.49. The Morgan fingerprint density at radius 1 is 1.29 bits per heavy atom. The molecule has 1 heterocycles. The van der Waals surface area contributed by atoms with Crippen molar-refractivity contribution in [3.63, 3.8) is 0 Å². The number of thiazole rings is 1. The van der Waals surface area contributed by atoms with E-state index in [1.165, 1.54) is 6.08 Å². The van der Waals surface area contributed by atoms with E-state index in [0.717, 1.165) is 11.6 Å². The molecular weight excluding hydrogens is 245 g/mol. The van der Waals surface area contributed by atoms with E-state index in [2.05, 4.69) is 4.98 Å². The fourth-order valence-electron chi connectivity index (χ4n) is 0.904. The summed E-state index contributed by atoms with van der Waals surface area (Å²) in [5.41, 5.74) is 2.65. The van der Waals surface area contributed by atoms with E-state index in [0.29, 0.717) is 0 Å². The molecule has 0 N–H and O–H groups in total. The molecule has 3 nitrogen and oxygen atoms in total. The van der Waals surface area contributed by atoms with Crippen LogP contribution in [-0.4, -0.2) is 11.0 Å². The van der Waals surface area contributed by atoms with E-state index in [1.54, 1.807) is 23.0 Å². The number of aromatic nitrogens is 1. The van der Waals surface area contributed by atoms with Crippen molar-refractivity contribution in [3.05, 3.63) is 59.1 Å². The van der Waals surface area contributed by atoms with Gasteiger partial charge in [0.15, 0.2) is 0 Å². The van der Waals surface area contributed by atoms with Crippen LogP contribution in [0.1, 0.15) is 5.56 Å². The molecule has 0 saturated heterocycles. The normalized spacial score (nSPS) is 8.94. The first-order valence-electron chi connectivity index (χ1n) is 4.55. The topological polar surface area (TPSA) is 53.0 Å². The molecule has 0 saturated carbocycles. The van der Waals surface area contributed by atoms with E-state index >= 15 is 0 Å². The van der Waals surface area contributed by atoms with Crippen molar-refractivity contribution < 1.29 is 39.5 Å². The van der Waals surface area contributed by atoms with Crippen molar-refractivity contribution in [3.8, 4) is 0 Å². The SMILES string of the molecule is O=C([O-])C=Cc1ccccc1.[Na+].c1cscn1. The van der Waals surface area contributed by atoms with Crippen LogP contribution >= 0.6 is 11.3 Å². The van der Waals surface area contributed by atoms with Gasteiger partial charge in [-0.15, -0.1) is 11.3 Å². The molecule has 0 bridgehead atoms. The number of carbonyl (C=O) groups excluding carboxylic acids is 1. The molecular formula is C12H10NNaO2S. The average molecular weight is 255 g/mol. The Labute approximate surface area is 126 Å². The van der Waals surface area contributed by atoms with Crippen LogP contribution in [0.25, 0.3) is 6.08 Å². The number of benzene rings is 1. The zero-order valence-electron chi connectivity index (χ0n) is 9.45. The number of hydrogen-bond acceptors (Lipinski definition) is 4. The molecule has 0 fully saturated rings. The van der Waals surface area contributed by atoms with Crippen molar-refractivity contribution in [2.75, 3.05) is 0 Å². The Morgan fingerprint density at radius 3 is 2.41 bits per heavy atom. The third-order valence-electron chi connectivity index (χ3n) is 1.56. The molecule has 2 aromatic rings. The maximum atomic E-state index is 9.97. The minimum absolute atomic E-state index is 0. The van der Waals surface area contributed by atoms with Gasteiger partial charge >= 0.3 is 29.6 Å². The van der Waals surface area contributed by atoms with Crippen LogP contribution in [0.5, 0.6) is 0 Å². The van der Waals surface area contributed by atoms with Crippen LogP contribution in [0.15, 0.2) is 53.5 Å². The Hall–Kier alpha value is -0.940. The Balaban J connectivity index is 0.000000360. The predicted octanol–water partition coefficient (Wildman–Crippen LogP) is -1.40. The standard InChI is InChI=1S/C9H8O2.C3H3NS.Na/c10-9(11)7-6-8-4-2-1-3-5-8;1-2-5-3-4-1;/h1-7H,(H,10,11);1-3H;/q;;+1/p-1. The summed E-state index contributed by atoms with van der Waals surface area (Å²) in [7, 11) is 0. The fourth-order valence-corrected chi connectivity index (χ4v) is 1.26. The van der Waals surface area contributed by atoms with E-state index in [-0.39, 0.29) is 29.6 Å². The van der Waals surface area contributed by atoms with Crippen LogP contribution in [-0.2, 0) is 4.79 Å². The van der Waals surface area contributed by atoms with Crippen LogP contribution < -0.4 is 34.7 Å². The number of hydrogen-bond donors (Lipinski definition) is 0. The molecule has 0 radical (unpaired) electrons. The molecule has 0 unspecified atom stereocenters. The largest absolute Gasteiger partial charge is 1.00 e. The first kappa shape index (κ1) is 16.1. The molecule has 2 rings (SSSR count). The van der Waals surface area contributed by atoms with E-state index in [9.17, 15) is 9.90 Å². The zero-order valence-corrected chi connectivity index (χ0v) is 12.3. The summed E-state index contributed by atoms with van der Waals surface area (Å²) in [6, 6.07) is 9.19. The van der Waals surface area contributed by atoms with Crippen molar-refractivity contribution in [2.24, 2.45) is 0 Å². The van der Waals surface area contributed by atoms with E-state index in [1.807, 2.05) is 35.7 Å². The summed E-state index contributed by atoms with van der Waals surface area (Å²) in [6.07, 6.45) is 4.27. The summed E-state index contributed by atoms with van der Waals surface area (Å²) >= 11 is 1.60. The minimum atomic E-state index is -1.17. The summed E-state index contributed by atoms with van der Waals surface area (Å²) < 4.78 is 0. The van der Waals surface area contributed by atoms with Crippen LogP contribution in [0.3, 0.4) is 0 Å². The van der Waals surface area contributed by atoms with Crippen LogP contribution in [0, 0.1) is 0 Å². The second-order valence-electron chi connectivity index (χ2n) is 2.74. The molecule has 0 aliphatic rings. The predicted molar refractivity (Wildman–Crippen MR) is 62.6 cm³/mol.